The molecule has 0 unspecified atom stereocenters. The van der Waals surface area contributed by atoms with E-state index in [2.05, 4.69) is 9.97 Å². The Balaban J connectivity index is 1.34. The zero-order valence-electron chi connectivity index (χ0n) is 20.5. The monoisotopic (exact) mass is 497 g/mol. The molecule has 0 fully saturated rings. The van der Waals surface area contributed by atoms with Gasteiger partial charge in [0.25, 0.3) is 11.8 Å². The molecule has 10 heteroatoms. The topological polar surface area (TPSA) is 111 Å². The highest BCUT2D eigenvalue weighted by Gasteiger charge is 2.42. The van der Waals surface area contributed by atoms with Crippen LogP contribution < -0.4 is 0 Å². The van der Waals surface area contributed by atoms with E-state index in [1.807, 2.05) is 38.1 Å². The van der Waals surface area contributed by atoms with Crippen LogP contribution in [-0.4, -0.2) is 53.4 Å². The van der Waals surface area contributed by atoms with E-state index < -0.39 is 11.4 Å². The normalized spacial score (nSPS) is 16.4. The molecule has 5 heterocycles. The van der Waals surface area contributed by atoms with E-state index in [1.165, 1.54) is 18.2 Å². The Labute approximate surface area is 212 Å². The lowest BCUT2D eigenvalue weighted by Crippen LogP contribution is -2.52. The molecule has 37 heavy (non-hydrogen) atoms. The van der Waals surface area contributed by atoms with Crippen LogP contribution in [0.25, 0.3) is 10.9 Å². The minimum Gasteiger partial charge on any atom is -0.350 e. The largest absolute Gasteiger partial charge is 0.350 e. The quantitative estimate of drug-likeness (QED) is 0.466. The maximum Gasteiger partial charge on any atom is 0.272 e. The Hall–Kier alpha value is -4.52. The van der Waals surface area contributed by atoms with E-state index in [0.717, 1.165) is 17.0 Å². The molecule has 9 nitrogen and oxygen atoms in total. The van der Waals surface area contributed by atoms with Gasteiger partial charge in [-0.15, -0.1) is 0 Å². The molecule has 0 spiro atoms. The second-order valence-corrected chi connectivity index (χ2v) is 10.1. The zero-order chi connectivity index (χ0) is 25.9. The molecule has 0 saturated carbocycles. The summed E-state index contributed by atoms with van der Waals surface area (Å²) < 4.78 is 15.9. The van der Waals surface area contributed by atoms with Gasteiger partial charge in [-0.2, -0.15) is 10.4 Å². The lowest BCUT2D eigenvalue weighted by Gasteiger charge is -2.42. The summed E-state index contributed by atoms with van der Waals surface area (Å²) in [6.45, 7) is 5.64. The van der Waals surface area contributed by atoms with Crippen molar-refractivity contribution < 1.29 is 14.0 Å². The molecule has 0 saturated heterocycles. The number of pyridine rings is 1. The van der Waals surface area contributed by atoms with Gasteiger partial charge in [0.15, 0.2) is 0 Å². The number of rotatable bonds is 3. The van der Waals surface area contributed by atoms with Gasteiger partial charge in [-0.25, -0.2) is 4.39 Å². The Morgan fingerprint density at radius 3 is 2.84 bits per heavy atom. The van der Waals surface area contributed by atoms with Gasteiger partial charge in [-0.3, -0.25) is 19.3 Å². The minimum atomic E-state index is -0.628. The number of aromatic nitrogens is 4. The molecule has 0 aliphatic carbocycles. The number of nitriles is 1. The molecular weight excluding hydrogens is 473 g/mol. The van der Waals surface area contributed by atoms with E-state index in [-0.39, 0.29) is 29.6 Å². The predicted octanol–water partition coefficient (Wildman–Crippen LogP) is 3.40. The van der Waals surface area contributed by atoms with Gasteiger partial charge in [-0.05, 0) is 44.2 Å². The second-order valence-electron chi connectivity index (χ2n) is 10.1. The molecule has 2 aliphatic rings. The number of hydrogen-bond acceptors (Lipinski definition) is 5. The molecule has 2 amide bonds. The third kappa shape index (κ3) is 3.66. The molecule has 4 aromatic rings. The molecule has 1 aromatic carbocycles. The highest BCUT2D eigenvalue weighted by Crippen LogP contribution is 2.35. The van der Waals surface area contributed by atoms with Crippen LogP contribution in [0, 0.1) is 17.1 Å². The van der Waals surface area contributed by atoms with Crippen LogP contribution in [0.4, 0.5) is 4.39 Å². The number of hydrogen-bond donors (Lipinski definition) is 1. The van der Waals surface area contributed by atoms with Gasteiger partial charge >= 0.3 is 0 Å². The summed E-state index contributed by atoms with van der Waals surface area (Å²) in [5, 5.41) is 14.5. The van der Waals surface area contributed by atoms with E-state index in [4.69, 9.17) is 5.10 Å². The van der Waals surface area contributed by atoms with Crippen LogP contribution >= 0.6 is 0 Å². The summed E-state index contributed by atoms with van der Waals surface area (Å²) >= 11 is 0. The highest BCUT2D eigenvalue weighted by molar-refractivity contribution is 6.00. The SMILES string of the molecule is CC1(C)Cc2nn3c(c2CN1C(=O)c1cc2c(C#N)c(F)ccc2[nH]1)C(=O)N(Cc1ccccn1)CC3. The number of nitrogens with one attached hydrogen (secondary N) is 1. The van der Waals surface area contributed by atoms with Crippen molar-refractivity contribution in [2.75, 3.05) is 6.54 Å². The van der Waals surface area contributed by atoms with Crippen molar-refractivity contribution in [3.8, 4) is 6.07 Å². The molecule has 2 aliphatic heterocycles. The first-order valence-corrected chi connectivity index (χ1v) is 12.1. The molecule has 1 N–H and O–H groups in total. The van der Waals surface area contributed by atoms with Crippen molar-refractivity contribution in [2.24, 2.45) is 0 Å². The fourth-order valence-electron chi connectivity index (χ4n) is 5.34. The van der Waals surface area contributed by atoms with Crippen LogP contribution in [0.2, 0.25) is 0 Å². The number of nitrogens with zero attached hydrogens (tertiary/aromatic N) is 6. The first-order chi connectivity index (χ1) is 17.8. The van der Waals surface area contributed by atoms with E-state index >= 15 is 0 Å². The van der Waals surface area contributed by atoms with Crippen molar-refractivity contribution in [1.29, 1.82) is 5.26 Å². The first kappa shape index (κ1) is 22.9. The average Bonchev–Trinajstić information content (AvgIpc) is 3.46. The molecule has 3 aromatic heterocycles. The summed E-state index contributed by atoms with van der Waals surface area (Å²) in [4.78, 5) is 38.2. The summed E-state index contributed by atoms with van der Waals surface area (Å²) in [6.07, 6.45) is 2.19. The predicted molar refractivity (Wildman–Crippen MR) is 132 cm³/mol. The van der Waals surface area contributed by atoms with Crippen molar-refractivity contribution in [1.82, 2.24) is 29.5 Å². The fourth-order valence-corrected chi connectivity index (χ4v) is 5.34. The second kappa shape index (κ2) is 8.27. The average molecular weight is 498 g/mol. The van der Waals surface area contributed by atoms with Gasteiger partial charge in [0.1, 0.15) is 23.3 Å². The van der Waals surface area contributed by atoms with Crippen LogP contribution in [0.5, 0.6) is 0 Å². The third-order valence-corrected chi connectivity index (χ3v) is 7.27. The van der Waals surface area contributed by atoms with Crippen LogP contribution in [0.3, 0.4) is 0 Å². The van der Waals surface area contributed by atoms with Gasteiger partial charge in [0.2, 0.25) is 0 Å². The van der Waals surface area contributed by atoms with Crippen LogP contribution in [-0.2, 0) is 26.1 Å². The lowest BCUT2D eigenvalue weighted by atomic mass is 9.88. The summed E-state index contributed by atoms with van der Waals surface area (Å²) in [5.74, 6) is -1.04. The first-order valence-electron chi connectivity index (χ1n) is 12.1. The standard InChI is InChI=1S/C27H24FN7O2/c1-27(2)12-23-19(24-26(37)33(9-10-35(24)32-23)14-16-5-3-4-8-30-16)15-34(27)25(36)22-11-17-18(13-29)20(28)6-7-21(17)31-22/h3-8,11,31H,9-10,12,14-15H2,1-2H3. The fraction of sp³-hybridized carbons (Fsp3) is 0.296. The smallest absolute Gasteiger partial charge is 0.272 e. The van der Waals surface area contributed by atoms with Crippen molar-refractivity contribution in [3.05, 3.63) is 82.3 Å². The number of benzene rings is 1. The Morgan fingerprint density at radius 2 is 2.08 bits per heavy atom. The number of aromatic amines is 1. The number of halogens is 1. The number of amides is 2. The van der Waals surface area contributed by atoms with Gasteiger partial charge in [0.05, 0.1) is 36.6 Å². The molecule has 0 bridgehead atoms. The third-order valence-electron chi connectivity index (χ3n) is 7.27. The van der Waals surface area contributed by atoms with Crippen LogP contribution in [0.1, 0.15) is 57.3 Å². The van der Waals surface area contributed by atoms with E-state index in [0.29, 0.717) is 42.7 Å². The molecule has 186 valence electrons. The summed E-state index contributed by atoms with van der Waals surface area (Å²) in [5.41, 5.74) is 2.99. The van der Waals surface area contributed by atoms with Crippen LogP contribution in [0.15, 0.2) is 42.6 Å². The van der Waals surface area contributed by atoms with Crippen molar-refractivity contribution in [3.63, 3.8) is 0 Å². The Bertz CT molecular complexity index is 1610. The summed E-state index contributed by atoms with van der Waals surface area (Å²) in [6, 6.07) is 11.8. The number of carbonyl (C=O) groups is 2. The Morgan fingerprint density at radius 1 is 1.24 bits per heavy atom. The Kier molecular flexibility index (Phi) is 5.12. The molecular formula is C27H24FN7O2. The zero-order valence-corrected chi connectivity index (χ0v) is 20.5. The van der Waals surface area contributed by atoms with Gasteiger partial charge < -0.3 is 14.8 Å². The minimum absolute atomic E-state index is 0.0997. The molecule has 6 rings (SSSR count). The maximum atomic E-state index is 14.1. The van der Waals surface area contributed by atoms with Gasteiger partial charge in [0, 0.05) is 41.2 Å². The van der Waals surface area contributed by atoms with Crippen molar-refractivity contribution in [2.45, 2.75) is 45.4 Å². The number of fused-ring (bicyclic) bond motifs is 4. The van der Waals surface area contributed by atoms with E-state index in [1.54, 1.807) is 20.7 Å². The van der Waals surface area contributed by atoms with Gasteiger partial charge in [-0.1, -0.05) is 6.07 Å². The molecule has 0 radical (unpaired) electrons. The summed E-state index contributed by atoms with van der Waals surface area (Å²) in [7, 11) is 0. The number of carbonyl (C=O) groups excluding carboxylic acids is 2. The lowest BCUT2D eigenvalue weighted by molar-refractivity contribution is 0.0475. The van der Waals surface area contributed by atoms with E-state index in [9.17, 15) is 19.2 Å². The molecule has 0 atom stereocenters. The maximum absolute atomic E-state index is 14.1. The number of H-pyrrole nitrogens is 1. The highest BCUT2D eigenvalue weighted by atomic mass is 19.1. The van der Waals surface area contributed by atoms with Crippen molar-refractivity contribution >= 4 is 22.7 Å².